The summed E-state index contributed by atoms with van der Waals surface area (Å²) in [5.74, 6) is 0.688. The van der Waals surface area contributed by atoms with Crippen LogP contribution in [0.5, 0.6) is 0 Å². The molecule has 0 bridgehead atoms. The zero-order valence-corrected chi connectivity index (χ0v) is 20.2. The van der Waals surface area contributed by atoms with Gasteiger partial charge in [0.25, 0.3) is 0 Å². The highest BCUT2D eigenvalue weighted by Crippen LogP contribution is 2.14. The zero-order chi connectivity index (χ0) is 19.3. The van der Waals surface area contributed by atoms with E-state index in [4.69, 9.17) is 4.74 Å². The average Bonchev–Trinajstić information content (AvgIpc) is 3.14. The third kappa shape index (κ3) is 11.9. The van der Waals surface area contributed by atoms with Gasteiger partial charge in [-0.05, 0) is 31.8 Å². The van der Waals surface area contributed by atoms with E-state index in [-0.39, 0.29) is 30.5 Å². The largest absolute Gasteiger partial charge is 0.385 e. The van der Waals surface area contributed by atoms with E-state index < -0.39 is 10.0 Å². The lowest BCUT2D eigenvalue weighted by Gasteiger charge is -2.18. The van der Waals surface area contributed by atoms with E-state index in [1.807, 2.05) is 6.92 Å². The third-order valence-electron chi connectivity index (χ3n) is 3.45. The quantitative estimate of drug-likeness (QED) is 0.153. The van der Waals surface area contributed by atoms with Crippen LogP contribution in [0.25, 0.3) is 0 Å². The molecule has 1 aromatic rings. The van der Waals surface area contributed by atoms with Crippen LogP contribution in [0.2, 0.25) is 0 Å². The van der Waals surface area contributed by atoms with Crippen LogP contribution in [0.15, 0.2) is 26.7 Å². The molecule has 0 aliphatic rings. The predicted molar refractivity (Wildman–Crippen MR) is 123 cm³/mol. The van der Waals surface area contributed by atoms with Crippen LogP contribution in [-0.2, 0) is 14.8 Å². The predicted octanol–water partition coefficient (Wildman–Crippen LogP) is 1.17. The van der Waals surface area contributed by atoms with E-state index in [0.29, 0.717) is 16.7 Å². The van der Waals surface area contributed by atoms with Crippen molar-refractivity contribution in [3.8, 4) is 0 Å². The van der Waals surface area contributed by atoms with Gasteiger partial charge in [0.15, 0.2) is 5.96 Å². The monoisotopic (exact) mass is 533 g/mol. The number of sulfonamides is 1. The van der Waals surface area contributed by atoms with Crippen LogP contribution in [0, 0.1) is 0 Å². The Balaban J connectivity index is 0.00000676. The number of methoxy groups -OCH3 is 1. The number of thiophene rings is 1. The molecular weight excluding hydrogens is 501 g/mol. The van der Waals surface area contributed by atoms with Gasteiger partial charge < -0.3 is 20.3 Å². The first-order valence-electron chi connectivity index (χ1n) is 8.72. The van der Waals surface area contributed by atoms with Crippen LogP contribution < -0.4 is 15.4 Å². The number of guanidine groups is 1. The van der Waals surface area contributed by atoms with Crippen molar-refractivity contribution >= 4 is 51.3 Å². The fraction of sp³-hybridized carbons (Fsp3) is 0.688. The van der Waals surface area contributed by atoms with Crippen LogP contribution in [0.4, 0.5) is 0 Å². The maximum absolute atomic E-state index is 12.0. The number of nitrogens with zero attached hydrogens (tertiary/aromatic N) is 2. The summed E-state index contributed by atoms with van der Waals surface area (Å²) in [6, 6.07) is 3.31. The lowest BCUT2D eigenvalue weighted by molar-refractivity contribution is 0.180. The Labute approximate surface area is 184 Å². The second-order valence-electron chi connectivity index (χ2n) is 5.67. The molecule has 0 radical (unpaired) electrons. The van der Waals surface area contributed by atoms with Crippen LogP contribution in [0.3, 0.4) is 0 Å². The minimum absolute atomic E-state index is 0. The third-order valence-corrected chi connectivity index (χ3v) is 6.31. The van der Waals surface area contributed by atoms with Crippen molar-refractivity contribution in [2.75, 3.05) is 60.0 Å². The highest BCUT2D eigenvalue weighted by molar-refractivity contribution is 14.0. The minimum Gasteiger partial charge on any atom is -0.385 e. The highest BCUT2D eigenvalue weighted by atomic mass is 127. The summed E-state index contributed by atoms with van der Waals surface area (Å²) in [6.45, 7) is 6.76. The van der Waals surface area contributed by atoms with Gasteiger partial charge in [0, 0.05) is 46.4 Å². The molecular formula is C16H32IN5O3S2. The van der Waals surface area contributed by atoms with E-state index in [9.17, 15) is 8.42 Å². The molecule has 0 aromatic carbocycles. The molecule has 0 amide bonds. The number of rotatable bonds is 13. The molecule has 0 fully saturated rings. The van der Waals surface area contributed by atoms with Crippen molar-refractivity contribution in [1.82, 2.24) is 20.3 Å². The molecule has 3 N–H and O–H groups in total. The Hall–Kier alpha value is -0.470. The van der Waals surface area contributed by atoms with Gasteiger partial charge in [-0.3, -0.25) is 4.99 Å². The molecule has 0 saturated carbocycles. The summed E-state index contributed by atoms with van der Waals surface area (Å²) in [5, 5.41) is 8.16. The van der Waals surface area contributed by atoms with E-state index in [0.717, 1.165) is 39.2 Å². The van der Waals surface area contributed by atoms with Gasteiger partial charge in [0.05, 0.1) is 6.54 Å². The van der Waals surface area contributed by atoms with Gasteiger partial charge in [0.1, 0.15) is 4.21 Å². The van der Waals surface area contributed by atoms with Crippen LogP contribution in [-0.4, -0.2) is 79.3 Å². The van der Waals surface area contributed by atoms with Gasteiger partial charge in [-0.1, -0.05) is 6.07 Å². The van der Waals surface area contributed by atoms with E-state index in [1.165, 1.54) is 11.3 Å². The van der Waals surface area contributed by atoms with E-state index >= 15 is 0 Å². The second kappa shape index (κ2) is 15.5. The van der Waals surface area contributed by atoms with Crippen molar-refractivity contribution < 1.29 is 13.2 Å². The van der Waals surface area contributed by atoms with Crippen molar-refractivity contribution in [3.05, 3.63) is 17.5 Å². The van der Waals surface area contributed by atoms with Gasteiger partial charge in [-0.25, -0.2) is 13.1 Å². The highest BCUT2D eigenvalue weighted by Gasteiger charge is 2.13. The van der Waals surface area contributed by atoms with Crippen molar-refractivity contribution in [1.29, 1.82) is 0 Å². The number of ether oxygens (including phenoxy) is 1. The number of hydrogen-bond donors (Lipinski definition) is 3. The number of nitrogens with one attached hydrogen (secondary N) is 3. The van der Waals surface area contributed by atoms with Gasteiger partial charge >= 0.3 is 0 Å². The Kier molecular flexibility index (Phi) is 15.2. The van der Waals surface area contributed by atoms with Gasteiger partial charge in [-0.2, -0.15) is 0 Å². The molecule has 8 nitrogen and oxygen atoms in total. The summed E-state index contributed by atoms with van der Waals surface area (Å²) in [4.78, 5) is 6.63. The molecule has 0 saturated heterocycles. The standard InChI is InChI=1S/C16H31N5O3S2.HI/c1-4-17-16(19-10-12-21(2)11-6-13-24-3)18-8-9-20-26(22,23)15-7-5-14-25-15;/h5,7,14,20H,4,6,8-13H2,1-3H3,(H2,17,18,19);1H. The van der Waals surface area contributed by atoms with Crippen molar-refractivity contribution in [2.24, 2.45) is 4.99 Å². The SMILES string of the molecule is CCNC(=NCCNS(=O)(=O)c1cccs1)NCCN(C)CCCOC.I. The molecule has 158 valence electrons. The second-order valence-corrected chi connectivity index (χ2v) is 8.61. The maximum atomic E-state index is 12.0. The Morgan fingerprint density at radius 2 is 2.07 bits per heavy atom. The Morgan fingerprint density at radius 3 is 2.70 bits per heavy atom. The zero-order valence-electron chi connectivity index (χ0n) is 16.2. The number of aliphatic imine (C=N–C) groups is 1. The van der Waals surface area contributed by atoms with Gasteiger partial charge in [0.2, 0.25) is 10.0 Å². The number of hydrogen-bond acceptors (Lipinski definition) is 6. The van der Waals surface area contributed by atoms with Gasteiger partial charge in [-0.15, -0.1) is 35.3 Å². The molecule has 0 unspecified atom stereocenters. The molecule has 1 aromatic heterocycles. The summed E-state index contributed by atoms with van der Waals surface area (Å²) in [5.41, 5.74) is 0. The molecule has 1 rings (SSSR count). The lowest BCUT2D eigenvalue weighted by atomic mass is 10.4. The van der Waals surface area contributed by atoms with Crippen molar-refractivity contribution in [2.45, 2.75) is 17.6 Å². The fourth-order valence-corrected chi connectivity index (χ4v) is 4.19. The average molecular weight is 534 g/mol. The Morgan fingerprint density at radius 1 is 1.30 bits per heavy atom. The van der Waals surface area contributed by atoms with Crippen LogP contribution >= 0.6 is 35.3 Å². The summed E-state index contributed by atoms with van der Waals surface area (Å²) < 4.78 is 32.0. The number of likely N-dealkylation sites (N-methyl/N-ethyl adjacent to an activating group) is 1. The van der Waals surface area contributed by atoms with E-state index in [1.54, 1.807) is 24.6 Å². The lowest BCUT2D eigenvalue weighted by Crippen LogP contribution is -2.41. The normalized spacial score (nSPS) is 12.1. The molecule has 0 spiro atoms. The summed E-state index contributed by atoms with van der Waals surface area (Å²) >= 11 is 1.20. The molecule has 0 atom stereocenters. The summed E-state index contributed by atoms with van der Waals surface area (Å²) in [7, 11) is 0.355. The fourth-order valence-electron chi connectivity index (χ4n) is 2.13. The smallest absolute Gasteiger partial charge is 0.250 e. The first-order valence-corrected chi connectivity index (χ1v) is 11.1. The summed E-state index contributed by atoms with van der Waals surface area (Å²) in [6.07, 6.45) is 1.01. The molecule has 27 heavy (non-hydrogen) atoms. The van der Waals surface area contributed by atoms with Crippen LogP contribution in [0.1, 0.15) is 13.3 Å². The molecule has 0 aliphatic carbocycles. The van der Waals surface area contributed by atoms with E-state index in [2.05, 4.69) is 32.3 Å². The topological polar surface area (TPSA) is 95.1 Å². The number of halogens is 1. The molecule has 11 heteroatoms. The molecule has 1 heterocycles. The first kappa shape index (κ1) is 26.5. The maximum Gasteiger partial charge on any atom is 0.250 e. The first-order chi connectivity index (χ1) is 12.5. The minimum atomic E-state index is -3.42. The Bertz CT molecular complexity index is 612. The van der Waals surface area contributed by atoms with Crippen molar-refractivity contribution in [3.63, 3.8) is 0 Å². The molecule has 0 aliphatic heterocycles.